The van der Waals surface area contributed by atoms with Crippen LogP contribution in [0, 0.1) is 0 Å². The van der Waals surface area contributed by atoms with Gasteiger partial charge in [-0.1, -0.05) is 0 Å². The molecule has 0 saturated heterocycles. The van der Waals surface area contributed by atoms with Crippen LogP contribution in [-0.2, 0) is 17.3 Å². The number of phenols is 1. The first-order valence-electron chi connectivity index (χ1n) is 9.34. The first-order valence-corrected chi connectivity index (χ1v) is 11.1. The molecule has 0 fully saturated rings. The average Bonchev–Trinajstić information content (AvgIpc) is 2.60. The van der Waals surface area contributed by atoms with E-state index in [4.69, 9.17) is 0 Å². The zero-order valence-corrected chi connectivity index (χ0v) is 18.3. The Hall–Kier alpha value is -1.84. The summed E-state index contributed by atoms with van der Waals surface area (Å²) < 4.78 is 1.75. The van der Waals surface area contributed by atoms with Gasteiger partial charge in [-0.3, -0.25) is 0 Å². The topological polar surface area (TPSA) is 70.4 Å². The van der Waals surface area contributed by atoms with Crippen LogP contribution >= 0.6 is 0 Å². The Morgan fingerprint density at radius 3 is 2.26 bits per heavy atom. The summed E-state index contributed by atoms with van der Waals surface area (Å²) in [4.78, 5) is 15.9. The Labute approximate surface area is 167 Å². The van der Waals surface area contributed by atoms with Crippen molar-refractivity contribution in [1.82, 2.24) is 4.98 Å². The van der Waals surface area contributed by atoms with E-state index >= 15 is 0 Å². The predicted molar refractivity (Wildman–Crippen MR) is 109 cm³/mol. The third-order valence-corrected chi connectivity index (χ3v) is 7.72. The number of aromatic carboxylic acids is 1. The number of carbonyl (C=O) groups is 1. The average molecular weight is 432 g/mol. The van der Waals surface area contributed by atoms with Crippen molar-refractivity contribution in [3.05, 3.63) is 46.6 Å². The van der Waals surface area contributed by atoms with Crippen LogP contribution in [0.2, 0.25) is 0 Å². The summed E-state index contributed by atoms with van der Waals surface area (Å²) in [7, 11) is 0. The fraction of sp³-hybridized carbons (Fsp3) is 0.455. The number of pyridine rings is 1. The van der Waals surface area contributed by atoms with E-state index in [9.17, 15) is 15.0 Å². The van der Waals surface area contributed by atoms with Gasteiger partial charge >= 0.3 is 167 Å². The number of nitrogens with zero attached hydrogens (tertiary/aromatic N) is 1. The number of aromatic nitrogens is 1. The number of carboxylic acid groups (broad SMARTS) is 1. The molecule has 0 amide bonds. The molecule has 0 radical (unpaired) electrons. The second-order valence-corrected chi connectivity index (χ2v) is 10.8. The van der Waals surface area contributed by atoms with E-state index in [2.05, 4.69) is 38.7 Å². The van der Waals surface area contributed by atoms with Gasteiger partial charge in [0, 0.05) is 0 Å². The molecule has 0 aliphatic heterocycles. The molecule has 1 heterocycles. The van der Waals surface area contributed by atoms with Crippen LogP contribution in [0.3, 0.4) is 0 Å². The van der Waals surface area contributed by atoms with Crippen molar-refractivity contribution in [2.45, 2.75) is 64.7 Å². The Bertz CT molecular complexity index is 903. The Morgan fingerprint density at radius 1 is 1.11 bits per heavy atom. The molecule has 2 aromatic rings. The number of hydrogen-bond donors (Lipinski definition) is 2. The van der Waals surface area contributed by atoms with E-state index in [1.54, 1.807) is 12.1 Å². The van der Waals surface area contributed by atoms with E-state index in [0.717, 1.165) is 21.9 Å². The Balaban J connectivity index is 2.03. The van der Waals surface area contributed by atoms with Gasteiger partial charge in [0.25, 0.3) is 0 Å². The van der Waals surface area contributed by atoms with Crippen LogP contribution in [0.1, 0.15) is 74.6 Å². The third-order valence-electron chi connectivity index (χ3n) is 5.66. The van der Waals surface area contributed by atoms with Gasteiger partial charge in [0.05, 0.1) is 0 Å². The molecule has 27 heavy (non-hydrogen) atoms. The molecule has 144 valence electrons. The number of aryl methyl sites for hydroxylation is 1. The molecule has 5 heteroatoms. The van der Waals surface area contributed by atoms with Crippen LogP contribution in [-0.4, -0.2) is 36.1 Å². The van der Waals surface area contributed by atoms with E-state index in [1.165, 1.54) is 11.1 Å². The molecule has 0 spiro atoms. The molecule has 1 aromatic heterocycles. The number of aromatic hydroxyl groups is 1. The minimum absolute atomic E-state index is 0.0601. The quantitative estimate of drug-likeness (QED) is 0.729. The molecule has 2 N–H and O–H groups in total. The Morgan fingerprint density at radius 2 is 1.70 bits per heavy atom. The van der Waals surface area contributed by atoms with Gasteiger partial charge in [0.1, 0.15) is 0 Å². The normalized spacial score (nSPS) is 17.4. The molecular weight excluding hydrogens is 405 g/mol. The van der Waals surface area contributed by atoms with Gasteiger partial charge in [-0.25, -0.2) is 0 Å². The summed E-state index contributed by atoms with van der Waals surface area (Å²) in [5, 5.41) is 20.0. The summed E-state index contributed by atoms with van der Waals surface area (Å²) in [6.45, 7) is 10.9. The minimum atomic E-state index is -0.945. The first kappa shape index (κ1) is 19.9. The zero-order chi connectivity index (χ0) is 20.0. The van der Waals surface area contributed by atoms with Gasteiger partial charge in [-0.2, -0.15) is 0 Å². The maximum atomic E-state index is 11.3. The van der Waals surface area contributed by atoms with Gasteiger partial charge in [-0.15, -0.1) is 0 Å². The van der Waals surface area contributed by atoms with Crippen molar-refractivity contribution >= 4 is 30.0 Å². The van der Waals surface area contributed by atoms with E-state index < -0.39 is 5.97 Å². The molecule has 1 aromatic carbocycles. The van der Waals surface area contributed by atoms with Crippen LogP contribution in [0.5, 0.6) is 5.75 Å². The summed E-state index contributed by atoms with van der Waals surface area (Å²) >= 11 is -0.183. The number of carboxylic acids is 1. The summed E-state index contributed by atoms with van der Waals surface area (Å²) in [6.07, 6.45) is 2.80. The van der Waals surface area contributed by atoms with Crippen LogP contribution in [0.25, 0.3) is 0 Å². The molecule has 1 aliphatic carbocycles. The van der Waals surface area contributed by atoms with Crippen molar-refractivity contribution in [2.75, 3.05) is 0 Å². The van der Waals surface area contributed by atoms with Gasteiger partial charge in [0.2, 0.25) is 0 Å². The second-order valence-electron chi connectivity index (χ2n) is 8.54. The fourth-order valence-electron chi connectivity index (χ4n) is 3.78. The van der Waals surface area contributed by atoms with Gasteiger partial charge < -0.3 is 0 Å². The van der Waals surface area contributed by atoms with Crippen molar-refractivity contribution in [3.63, 3.8) is 0 Å². The van der Waals surface area contributed by atoms with E-state index in [-0.39, 0.29) is 31.4 Å². The standard InChI is InChI=1S/C22H27NO3Se/c1-6-16-13(20(25)26)7-8-19(23-16)27-18-12-15-14(11-17(18)24)21(2,3)9-10-22(15,4)5/h7-8,11-12,24H,6,9-10H2,1-5H3,(H,25,26). The van der Waals surface area contributed by atoms with E-state index in [1.807, 2.05) is 13.0 Å². The van der Waals surface area contributed by atoms with Crippen LogP contribution in [0.4, 0.5) is 0 Å². The molecular formula is C22H27NO3Se. The predicted octanol–water partition coefficient (Wildman–Crippen LogP) is 3.05. The fourth-order valence-corrected chi connectivity index (χ4v) is 5.58. The van der Waals surface area contributed by atoms with Gasteiger partial charge in [-0.05, 0) is 0 Å². The first-order chi connectivity index (χ1) is 12.5. The molecule has 4 nitrogen and oxygen atoms in total. The zero-order valence-electron chi connectivity index (χ0n) is 16.6. The number of hydrogen-bond acceptors (Lipinski definition) is 3. The third kappa shape index (κ3) is 3.76. The number of rotatable bonds is 4. The number of fused-ring (bicyclic) bond motifs is 1. The second kappa shape index (κ2) is 6.96. The SMILES string of the molecule is CCc1nc([Se]c2cc3c(cc2O)C(C)(C)CCC3(C)C)ccc1C(=O)O. The molecule has 0 unspecified atom stereocenters. The Kier molecular flexibility index (Phi) is 5.13. The molecule has 0 atom stereocenters. The molecule has 0 saturated carbocycles. The van der Waals surface area contributed by atoms with Crippen molar-refractivity contribution < 1.29 is 15.0 Å². The van der Waals surface area contributed by atoms with Gasteiger partial charge in [0.15, 0.2) is 0 Å². The number of phenolic OH excluding ortho intramolecular Hbond substituents is 1. The van der Waals surface area contributed by atoms with Crippen LogP contribution < -0.4 is 9.05 Å². The van der Waals surface area contributed by atoms with Crippen LogP contribution in [0.15, 0.2) is 24.3 Å². The van der Waals surface area contributed by atoms with Crippen molar-refractivity contribution in [1.29, 1.82) is 0 Å². The molecule has 3 rings (SSSR count). The van der Waals surface area contributed by atoms with Crippen molar-refractivity contribution in [2.24, 2.45) is 0 Å². The van der Waals surface area contributed by atoms with Crippen molar-refractivity contribution in [3.8, 4) is 5.75 Å². The number of benzene rings is 1. The summed E-state index contributed by atoms with van der Waals surface area (Å²) in [6, 6.07) is 7.51. The van der Waals surface area contributed by atoms with E-state index in [0.29, 0.717) is 17.9 Å². The summed E-state index contributed by atoms with van der Waals surface area (Å²) in [5.41, 5.74) is 3.55. The molecule has 0 bridgehead atoms. The molecule has 1 aliphatic rings. The monoisotopic (exact) mass is 433 g/mol. The maximum absolute atomic E-state index is 11.3. The summed E-state index contributed by atoms with van der Waals surface area (Å²) in [5.74, 6) is -0.624.